The van der Waals surface area contributed by atoms with Gasteiger partial charge in [-0.25, -0.2) is 0 Å². The average molecular weight is 401 g/mol. The van der Waals surface area contributed by atoms with Gasteiger partial charge in [0.2, 0.25) is 5.91 Å². The average Bonchev–Trinajstić information content (AvgIpc) is 2.80. The summed E-state index contributed by atoms with van der Waals surface area (Å²) >= 11 is 0. The summed E-state index contributed by atoms with van der Waals surface area (Å²) in [6.45, 7) is 6.43. The number of hydrogen-bond acceptors (Lipinski definition) is 4. The van der Waals surface area contributed by atoms with E-state index in [1.807, 2.05) is 66.4 Å². The summed E-state index contributed by atoms with van der Waals surface area (Å²) in [6, 6.07) is 22.3. The maximum Gasteiger partial charge on any atom is 0.230 e. The number of rotatable bonds is 5. The maximum absolute atomic E-state index is 13.2. The minimum atomic E-state index is 0.0539. The van der Waals surface area contributed by atoms with Crippen LogP contribution in [-0.2, 0) is 4.79 Å². The first-order valence-corrected chi connectivity index (χ1v) is 10.7. The highest BCUT2D eigenvalue weighted by Crippen LogP contribution is 2.26. The summed E-state index contributed by atoms with van der Waals surface area (Å²) in [5.41, 5.74) is 4.11. The molecule has 1 fully saturated rings. The van der Waals surface area contributed by atoms with E-state index in [0.717, 1.165) is 48.7 Å². The molecule has 1 aromatic heterocycles. The molecule has 0 radical (unpaired) electrons. The van der Waals surface area contributed by atoms with Crippen molar-refractivity contribution in [3.8, 4) is 11.3 Å². The van der Waals surface area contributed by atoms with Gasteiger partial charge in [0.1, 0.15) is 0 Å². The molecule has 0 bridgehead atoms. The van der Waals surface area contributed by atoms with E-state index in [2.05, 4.69) is 34.2 Å². The van der Waals surface area contributed by atoms with Crippen LogP contribution in [0.4, 0.5) is 11.5 Å². The Morgan fingerprint density at radius 2 is 1.77 bits per heavy atom. The Kier molecular flexibility index (Phi) is 6.07. The molecule has 2 heterocycles. The lowest BCUT2D eigenvalue weighted by Gasteiger charge is -2.34. The zero-order valence-corrected chi connectivity index (χ0v) is 17.7. The number of anilines is 2. The van der Waals surface area contributed by atoms with Crippen molar-refractivity contribution in [2.24, 2.45) is 5.92 Å². The molecule has 0 spiro atoms. The van der Waals surface area contributed by atoms with E-state index >= 15 is 0 Å². The van der Waals surface area contributed by atoms with Crippen LogP contribution in [0.2, 0.25) is 0 Å². The molecule has 1 amide bonds. The number of carbonyl (C=O) groups is 1. The largest absolute Gasteiger partial charge is 0.355 e. The SMILES string of the molecule is CCN(C(=O)C1CCN(c2ccc(-c3ccccc3)nn2)CC1)c1cccc(C)c1. The molecule has 3 aromatic rings. The van der Waals surface area contributed by atoms with Gasteiger partial charge in [-0.15, -0.1) is 10.2 Å². The Labute approximate surface area is 178 Å². The minimum Gasteiger partial charge on any atom is -0.355 e. The van der Waals surface area contributed by atoms with Crippen molar-refractivity contribution in [2.45, 2.75) is 26.7 Å². The van der Waals surface area contributed by atoms with E-state index in [1.54, 1.807) is 0 Å². The second-order valence-electron chi connectivity index (χ2n) is 7.83. The number of aromatic nitrogens is 2. The highest BCUT2D eigenvalue weighted by Gasteiger charge is 2.29. The molecule has 1 aliphatic heterocycles. The minimum absolute atomic E-state index is 0.0539. The zero-order valence-electron chi connectivity index (χ0n) is 17.7. The Morgan fingerprint density at radius 1 is 1.00 bits per heavy atom. The standard InChI is InChI=1S/C25H28N4O/c1-3-29(22-11-7-8-19(2)18-22)25(30)21-14-16-28(17-15-21)24-13-12-23(26-27-24)20-9-5-4-6-10-20/h4-13,18,21H,3,14-17H2,1-2H3. The van der Waals surface area contributed by atoms with Crippen molar-refractivity contribution in [1.29, 1.82) is 0 Å². The summed E-state index contributed by atoms with van der Waals surface area (Å²) in [4.78, 5) is 17.3. The molecule has 0 saturated carbocycles. The number of nitrogens with zero attached hydrogens (tertiary/aromatic N) is 4. The van der Waals surface area contributed by atoms with Gasteiger partial charge in [-0.1, -0.05) is 42.5 Å². The van der Waals surface area contributed by atoms with Crippen LogP contribution in [0.5, 0.6) is 0 Å². The highest BCUT2D eigenvalue weighted by atomic mass is 16.2. The van der Waals surface area contributed by atoms with Gasteiger partial charge in [0, 0.05) is 36.8 Å². The Bertz CT molecular complexity index is 980. The zero-order chi connectivity index (χ0) is 20.9. The molecule has 154 valence electrons. The van der Waals surface area contributed by atoms with Crippen LogP contribution in [-0.4, -0.2) is 35.7 Å². The van der Waals surface area contributed by atoms with Gasteiger partial charge in [0.15, 0.2) is 5.82 Å². The molecule has 0 N–H and O–H groups in total. The summed E-state index contributed by atoms with van der Waals surface area (Å²) < 4.78 is 0. The Balaban J connectivity index is 1.39. The normalized spacial score (nSPS) is 14.5. The Hall–Kier alpha value is -3.21. The third kappa shape index (κ3) is 4.35. The van der Waals surface area contributed by atoms with Gasteiger partial charge in [-0.2, -0.15) is 0 Å². The molecule has 0 aliphatic carbocycles. The molecule has 5 nitrogen and oxygen atoms in total. The fourth-order valence-electron chi connectivity index (χ4n) is 4.09. The van der Waals surface area contributed by atoms with Gasteiger partial charge >= 0.3 is 0 Å². The van der Waals surface area contributed by atoms with E-state index in [4.69, 9.17) is 0 Å². The molecular formula is C25H28N4O. The maximum atomic E-state index is 13.2. The quantitative estimate of drug-likeness (QED) is 0.622. The van der Waals surface area contributed by atoms with Crippen molar-refractivity contribution < 1.29 is 4.79 Å². The molecular weight excluding hydrogens is 372 g/mol. The predicted molar refractivity (Wildman–Crippen MR) is 122 cm³/mol. The van der Waals surface area contributed by atoms with Gasteiger partial charge in [0.05, 0.1) is 5.69 Å². The number of hydrogen-bond donors (Lipinski definition) is 0. The predicted octanol–water partition coefficient (Wildman–Crippen LogP) is 4.72. The number of benzene rings is 2. The van der Waals surface area contributed by atoms with Crippen molar-refractivity contribution in [3.05, 3.63) is 72.3 Å². The highest BCUT2D eigenvalue weighted by molar-refractivity contribution is 5.95. The van der Waals surface area contributed by atoms with E-state index in [-0.39, 0.29) is 11.8 Å². The van der Waals surface area contributed by atoms with Crippen LogP contribution < -0.4 is 9.80 Å². The molecule has 0 unspecified atom stereocenters. The molecule has 4 rings (SSSR count). The number of carbonyl (C=O) groups excluding carboxylic acids is 1. The molecule has 1 saturated heterocycles. The molecule has 5 heteroatoms. The van der Waals surface area contributed by atoms with E-state index in [9.17, 15) is 4.79 Å². The van der Waals surface area contributed by atoms with Gasteiger partial charge < -0.3 is 9.80 Å². The molecule has 1 aliphatic rings. The van der Waals surface area contributed by atoms with Gasteiger partial charge in [-0.05, 0) is 56.5 Å². The fraction of sp³-hybridized carbons (Fsp3) is 0.320. The van der Waals surface area contributed by atoms with Crippen molar-refractivity contribution in [3.63, 3.8) is 0 Å². The fourth-order valence-corrected chi connectivity index (χ4v) is 4.09. The van der Waals surface area contributed by atoms with Crippen LogP contribution in [0.25, 0.3) is 11.3 Å². The molecule has 0 atom stereocenters. The first-order chi connectivity index (χ1) is 14.7. The summed E-state index contributed by atoms with van der Waals surface area (Å²) in [5, 5.41) is 8.84. The number of amides is 1. The van der Waals surface area contributed by atoms with E-state index < -0.39 is 0 Å². The van der Waals surface area contributed by atoms with Crippen LogP contribution in [0.1, 0.15) is 25.3 Å². The lowest BCUT2D eigenvalue weighted by atomic mass is 9.95. The number of aryl methyl sites for hydroxylation is 1. The van der Waals surface area contributed by atoms with Crippen molar-refractivity contribution in [2.75, 3.05) is 29.4 Å². The summed E-state index contributed by atoms with van der Waals surface area (Å²) in [5.74, 6) is 1.16. The second kappa shape index (κ2) is 9.08. The first-order valence-electron chi connectivity index (χ1n) is 10.7. The lowest BCUT2D eigenvalue weighted by molar-refractivity contribution is -0.122. The number of piperidine rings is 1. The monoisotopic (exact) mass is 400 g/mol. The Morgan fingerprint density at radius 3 is 2.40 bits per heavy atom. The van der Waals surface area contributed by atoms with Crippen molar-refractivity contribution >= 4 is 17.4 Å². The first kappa shape index (κ1) is 20.1. The smallest absolute Gasteiger partial charge is 0.230 e. The van der Waals surface area contributed by atoms with Gasteiger partial charge in [0.25, 0.3) is 0 Å². The molecule has 30 heavy (non-hydrogen) atoms. The van der Waals surface area contributed by atoms with Gasteiger partial charge in [-0.3, -0.25) is 4.79 Å². The topological polar surface area (TPSA) is 49.3 Å². The third-order valence-electron chi connectivity index (χ3n) is 5.78. The van der Waals surface area contributed by atoms with Crippen LogP contribution in [0, 0.1) is 12.8 Å². The lowest BCUT2D eigenvalue weighted by Crippen LogP contribution is -2.43. The second-order valence-corrected chi connectivity index (χ2v) is 7.83. The van der Waals surface area contributed by atoms with Crippen LogP contribution >= 0.6 is 0 Å². The molecule has 2 aromatic carbocycles. The third-order valence-corrected chi connectivity index (χ3v) is 5.78. The van der Waals surface area contributed by atoms with Crippen LogP contribution in [0.15, 0.2) is 66.7 Å². The van der Waals surface area contributed by atoms with E-state index in [1.165, 1.54) is 5.56 Å². The van der Waals surface area contributed by atoms with Crippen molar-refractivity contribution in [1.82, 2.24) is 10.2 Å². The summed E-state index contributed by atoms with van der Waals surface area (Å²) in [7, 11) is 0. The van der Waals surface area contributed by atoms with E-state index in [0.29, 0.717) is 6.54 Å². The summed E-state index contributed by atoms with van der Waals surface area (Å²) in [6.07, 6.45) is 1.67. The van der Waals surface area contributed by atoms with Crippen LogP contribution in [0.3, 0.4) is 0 Å².